The Morgan fingerprint density at radius 2 is 1.59 bits per heavy atom. The maximum Gasteiger partial charge on any atom is 0.230 e. The van der Waals surface area contributed by atoms with Gasteiger partial charge >= 0.3 is 0 Å². The van der Waals surface area contributed by atoms with Crippen LogP contribution in [0.5, 0.6) is 0 Å². The average molecular weight is 391 g/mol. The van der Waals surface area contributed by atoms with Crippen LogP contribution < -0.4 is 9.80 Å². The molecular weight excluding hydrogens is 366 g/mol. The Kier molecular flexibility index (Phi) is 4.66. The molecule has 1 aromatic carbocycles. The molecule has 1 saturated heterocycles. The van der Waals surface area contributed by atoms with Crippen molar-refractivity contribution in [2.45, 2.75) is 19.3 Å². The van der Waals surface area contributed by atoms with Crippen LogP contribution in [0.25, 0.3) is 0 Å². The zero-order valence-corrected chi connectivity index (χ0v) is 16.4. The molecule has 2 atom stereocenters. The first-order valence-electron chi connectivity index (χ1n) is 10.4. The van der Waals surface area contributed by atoms with Crippen molar-refractivity contribution in [3.8, 4) is 0 Å². The Hall–Kier alpha value is -2.96. The van der Waals surface area contributed by atoms with Gasteiger partial charge < -0.3 is 14.7 Å². The van der Waals surface area contributed by atoms with Crippen LogP contribution in [0.4, 0.5) is 11.6 Å². The second-order valence-corrected chi connectivity index (χ2v) is 8.03. The third-order valence-corrected chi connectivity index (χ3v) is 6.23. The summed E-state index contributed by atoms with van der Waals surface area (Å²) in [5.74, 6) is 0.636. The third-order valence-electron chi connectivity index (χ3n) is 6.23. The summed E-state index contributed by atoms with van der Waals surface area (Å²) in [7, 11) is 0. The standard InChI is InChI=1S/C22H25N5O2/c28-20(25-11-13-26(14-12-25)22-23-8-4-9-24-22)17-15-18(17)21(29)27-10-3-6-16-5-1-2-7-19(16)27/h1-2,4-5,7-9,17-18H,3,6,10-15H2. The lowest BCUT2D eigenvalue weighted by molar-refractivity contribution is -0.134. The van der Waals surface area contributed by atoms with E-state index in [2.05, 4.69) is 20.9 Å². The number of carbonyl (C=O) groups excluding carboxylic acids is 2. The van der Waals surface area contributed by atoms with Gasteiger partial charge in [0.25, 0.3) is 0 Å². The molecule has 2 unspecified atom stereocenters. The van der Waals surface area contributed by atoms with E-state index in [0.29, 0.717) is 25.5 Å². The maximum atomic E-state index is 13.1. The quantitative estimate of drug-likeness (QED) is 0.797. The molecular formula is C22H25N5O2. The van der Waals surface area contributed by atoms with Gasteiger partial charge in [-0.15, -0.1) is 0 Å². The Bertz CT molecular complexity index is 910. The molecule has 1 aromatic heterocycles. The fourth-order valence-corrected chi connectivity index (χ4v) is 4.52. The molecule has 2 fully saturated rings. The lowest BCUT2D eigenvalue weighted by atomic mass is 10.0. The molecule has 7 nitrogen and oxygen atoms in total. The molecule has 2 amide bonds. The lowest BCUT2D eigenvalue weighted by Crippen LogP contribution is -2.50. The first-order chi connectivity index (χ1) is 14.2. The molecule has 150 valence electrons. The zero-order valence-electron chi connectivity index (χ0n) is 16.4. The molecule has 3 aliphatic rings. The van der Waals surface area contributed by atoms with E-state index < -0.39 is 0 Å². The SMILES string of the molecule is O=C(C1CC1C(=O)N1CCCc2ccccc21)N1CCN(c2ncccn2)CC1. The Morgan fingerprint density at radius 3 is 2.38 bits per heavy atom. The highest BCUT2D eigenvalue weighted by atomic mass is 16.2. The molecule has 1 saturated carbocycles. The van der Waals surface area contributed by atoms with E-state index in [1.165, 1.54) is 5.56 Å². The smallest absolute Gasteiger partial charge is 0.230 e. The first kappa shape index (κ1) is 18.1. The molecule has 0 N–H and O–H groups in total. The highest BCUT2D eigenvalue weighted by Gasteiger charge is 2.51. The summed E-state index contributed by atoms with van der Waals surface area (Å²) in [6.07, 6.45) is 6.15. The molecule has 2 aliphatic heterocycles. The number of fused-ring (bicyclic) bond motifs is 1. The van der Waals surface area contributed by atoms with Crippen LogP contribution in [0.2, 0.25) is 0 Å². The highest BCUT2D eigenvalue weighted by Crippen LogP contribution is 2.43. The topological polar surface area (TPSA) is 69.6 Å². The minimum atomic E-state index is -0.163. The van der Waals surface area contributed by atoms with Crippen LogP contribution in [-0.4, -0.2) is 59.4 Å². The maximum absolute atomic E-state index is 13.1. The van der Waals surface area contributed by atoms with Crippen molar-refractivity contribution in [2.24, 2.45) is 11.8 Å². The van der Waals surface area contributed by atoms with E-state index in [-0.39, 0.29) is 23.7 Å². The van der Waals surface area contributed by atoms with E-state index >= 15 is 0 Å². The summed E-state index contributed by atoms with van der Waals surface area (Å²) in [5, 5.41) is 0. The largest absolute Gasteiger partial charge is 0.339 e. The number of piperazine rings is 1. The van der Waals surface area contributed by atoms with Gasteiger partial charge in [0.1, 0.15) is 0 Å². The molecule has 0 radical (unpaired) electrons. The number of amides is 2. The Labute approximate surface area is 170 Å². The molecule has 1 aliphatic carbocycles. The van der Waals surface area contributed by atoms with Crippen molar-refractivity contribution >= 4 is 23.5 Å². The molecule has 7 heteroatoms. The van der Waals surface area contributed by atoms with Crippen molar-refractivity contribution < 1.29 is 9.59 Å². The van der Waals surface area contributed by atoms with Gasteiger partial charge in [0, 0.05) is 50.8 Å². The van der Waals surface area contributed by atoms with Crippen LogP contribution in [0.15, 0.2) is 42.7 Å². The second kappa shape index (κ2) is 7.46. The molecule has 2 aromatic rings. The van der Waals surface area contributed by atoms with Gasteiger partial charge in [-0.3, -0.25) is 9.59 Å². The summed E-state index contributed by atoms with van der Waals surface area (Å²) >= 11 is 0. The number of nitrogens with zero attached hydrogens (tertiary/aromatic N) is 5. The van der Waals surface area contributed by atoms with Crippen molar-refractivity contribution in [1.82, 2.24) is 14.9 Å². The van der Waals surface area contributed by atoms with Gasteiger partial charge in [0.2, 0.25) is 17.8 Å². The zero-order chi connectivity index (χ0) is 19.8. The van der Waals surface area contributed by atoms with Gasteiger partial charge in [-0.05, 0) is 37.0 Å². The number of anilines is 2. The molecule has 3 heterocycles. The van der Waals surface area contributed by atoms with Crippen LogP contribution >= 0.6 is 0 Å². The lowest BCUT2D eigenvalue weighted by Gasteiger charge is -2.35. The fraction of sp³-hybridized carbons (Fsp3) is 0.455. The van der Waals surface area contributed by atoms with Gasteiger partial charge in [0.05, 0.1) is 11.8 Å². The van der Waals surface area contributed by atoms with E-state index in [1.54, 1.807) is 18.5 Å². The summed E-state index contributed by atoms with van der Waals surface area (Å²) in [6.45, 7) is 3.51. The predicted octanol–water partition coefficient (Wildman–Crippen LogP) is 1.74. The molecule has 0 bridgehead atoms. The Morgan fingerprint density at radius 1 is 0.862 bits per heavy atom. The van der Waals surface area contributed by atoms with Gasteiger partial charge in [-0.1, -0.05) is 18.2 Å². The summed E-state index contributed by atoms with van der Waals surface area (Å²) in [5.41, 5.74) is 2.26. The molecule has 0 spiro atoms. The summed E-state index contributed by atoms with van der Waals surface area (Å²) < 4.78 is 0. The van der Waals surface area contributed by atoms with Gasteiger partial charge in [-0.25, -0.2) is 9.97 Å². The number of rotatable bonds is 3. The van der Waals surface area contributed by atoms with Crippen LogP contribution in [0.1, 0.15) is 18.4 Å². The summed E-state index contributed by atoms with van der Waals surface area (Å²) in [4.78, 5) is 40.5. The summed E-state index contributed by atoms with van der Waals surface area (Å²) in [6, 6.07) is 9.93. The number of benzene rings is 1. The second-order valence-electron chi connectivity index (χ2n) is 8.03. The van der Waals surface area contributed by atoms with E-state index in [4.69, 9.17) is 0 Å². The van der Waals surface area contributed by atoms with E-state index in [0.717, 1.165) is 38.2 Å². The fourth-order valence-electron chi connectivity index (χ4n) is 4.52. The van der Waals surface area contributed by atoms with E-state index in [9.17, 15) is 9.59 Å². The number of carbonyl (C=O) groups is 2. The number of hydrogen-bond acceptors (Lipinski definition) is 5. The Balaban J connectivity index is 1.19. The number of aryl methyl sites for hydroxylation is 1. The molecule has 5 rings (SSSR count). The van der Waals surface area contributed by atoms with Crippen LogP contribution in [0, 0.1) is 11.8 Å². The van der Waals surface area contributed by atoms with Crippen molar-refractivity contribution in [1.29, 1.82) is 0 Å². The van der Waals surface area contributed by atoms with Gasteiger partial charge in [0.15, 0.2) is 0 Å². The van der Waals surface area contributed by atoms with Crippen LogP contribution in [0.3, 0.4) is 0 Å². The number of hydrogen-bond donors (Lipinski definition) is 0. The number of para-hydroxylation sites is 1. The van der Waals surface area contributed by atoms with Crippen molar-refractivity contribution in [2.75, 3.05) is 42.5 Å². The van der Waals surface area contributed by atoms with Crippen molar-refractivity contribution in [3.05, 3.63) is 48.3 Å². The van der Waals surface area contributed by atoms with Crippen LogP contribution in [-0.2, 0) is 16.0 Å². The average Bonchev–Trinajstić information content (AvgIpc) is 3.59. The minimum Gasteiger partial charge on any atom is -0.339 e. The minimum absolute atomic E-state index is 0.117. The number of aromatic nitrogens is 2. The monoisotopic (exact) mass is 391 g/mol. The van der Waals surface area contributed by atoms with Crippen molar-refractivity contribution in [3.63, 3.8) is 0 Å². The predicted molar refractivity (Wildman–Crippen MR) is 110 cm³/mol. The normalized spacial score (nSPS) is 23.5. The molecule has 29 heavy (non-hydrogen) atoms. The third kappa shape index (κ3) is 3.45. The van der Waals surface area contributed by atoms with Gasteiger partial charge in [-0.2, -0.15) is 0 Å². The highest BCUT2D eigenvalue weighted by molar-refractivity contribution is 6.01. The first-order valence-corrected chi connectivity index (χ1v) is 10.4. The van der Waals surface area contributed by atoms with E-state index in [1.807, 2.05) is 28.0 Å².